The Bertz CT molecular complexity index is 1210. The van der Waals surface area contributed by atoms with Gasteiger partial charge in [0.15, 0.2) is 0 Å². The van der Waals surface area contributed by atoms with Crippen molar-refractivity contribution in [3.05, 3.63) is 59.0 Å². The molecule has 2 aromatic rings. The number of halogens is 1. The Labute approximate surface area is 245 Å². The van der Waals surface area contributed by atoms with Gasteiger partial charge in [-0.2, -0.15) is 0 Å². The zero-order valence-electron chi connectivity index (χ0n) is 24.7. The molecule has 2 saturated heterocycles. The molecule has 2 fully saturated rings. The number of aromatic amines is 2. The van der Waals surface area contributed by atoms with Crippen molar-refractivity contribution in [1.29, 1.82) is 0 Å². The average molecular weight is 599 g/mol. The predicted octanol–water partition coefficient (Wildman–Crippen LogP) is 2.88. The molecule has 0 atom stereocenters. The summed E-state index contributed by atoms with van der Waals surface area (Å²) in [6.07, 6.45) is 6.83. The summed E-state index contributed by atoms with van der Waals surface area (Å²) in [6.45, 7) is 12.3. The van der Waals surface area contributed by atoms with Gasteiger partial charge in [0.25, 0.3) is 11.1 Å². The molecular formula is C28H47ClN6O6. The van der Waals surface area contributed by atoms with Crippen molar-refractivity contribution >= 4 is 17.4 Å². The molecule has 4 heterocycles. The highest BCUT2D eigenvalue weighted by molar-refractivity contribution is 6.29. The Hall–Kier alpha value is -2.67. The second-order valence-electron chi connectivity index (χ2n) is 10.9. The fraction of sp³-hybridized carbons (Fsp3) is 0.714. The van der Waals surface area contributed by atoms with Gasteiger partial charge in [0, 0.05) is 57.2 Å². The molecule has 0 aliphatic carbocycles. The van der Waals surface area contributed by atoms with Crippen molar-refractivity contribution in [3.63, 3.8) is 0 Å². The normalized spacial score (nSPS) is 16.1. The van der Waals surface area contributed by atoms with Gasteiger partial charge in [0.05, 0.1) is 0 Å². The number of H-pyrrole nitrogens is 2. The van der Waals surface area contributed by atoms with Crippen LogP contribution in [-0.2, 0) is 9.47 Å². The molecule has 2 aliphatic heterocycles. The van der Waals surface area contributed by atoms with Gasteiger partial charge in [0.1, 0.15) is 11.0 Å². The molecule has 0 amide bonds. The van der Waals surface area contributed by atoms with Crippen LogP contribution in [0, 0.1) is 11.8 Å². The first-order chi connectivity index (χ1) is 19.5. The van der Waals surface area contributed by atoms with Crippen molar-refractivity contribution in [3.8, 4) is 0 Å². The molecule has 13 heteroatoms. The molecule has 2 aliphatic rings. The van der Waals surface area contributed by atoms with E-state index in [1.165, 1.54) is 36.0 Å². The number of hydrogen-bond donors (Lipinski definition) is 4. The molecule has 2 aromatic heterocycles. The summed E-state index contributed by atoms with van der Waals surface area (Å²) in [5.41, 5.74) is 3.95. The SMILES string of the molecule is CC(C)n1c(=O)cc(Cl)[nH]c1=O.CC(C)n1c(=O)cc(NCCC2CCOCC2)[nH]c1=O.NCCC1CCOCC1. The van der Waals surface area contributed by atoms with E-state index in [4.69, 9.17) is 26.8 Å². The number of nitrogens with zero attached hydrogens (tertiary/aromatic N) is 2. The van der Waals surface area contributed by atoms with Gasteiger partial charge >= 0.3 is 11.4 Å². The van der Waals surface area contributed by atoms with E-state index in [1.54, 1.807) is 13.8 Å². The lowest BCUT2D eigenvalue weighted by molar-refractivity contribution is 0.0646. The summed E-state index contributed by atoms with van der Waals surface area (Å²) in [6, 6.07) is 2.34. The number of aromatic nitrogens is 4. The van der Waals surface area contributed by atoms with Crippen molar-refractivity contribution in [1.82, 2.24) is 19.1 Å². The molecule has 0 spiro atoms. The maximum absolute atomic E-state index is 11.9. The summed E-state index contributed by atoms with van der Waals surface area (Å²) in [5.74, 6) is 2.02. The van der Waals surface area contributed by atoms with Crippen LogP contribution in [0.5, 0.6) is 0 Å². The lowest BCUT2D eigenvalue weighted by Crippen LogP contribution is -2.36. The summed E-state index contributed by atoms with van der Waals surface area (Å²) in [5, 5.41) is 3.20. The van der Waals surface area contributed by atoms with Crippen LogP contribution in [0.15, 0.2) is 31.3 Å². The van der Waals surface area contributed by atoms with E-state index < -0.39 is 5.69 Å². The Balaban J connectivity index is 0.000000237. The van der Waals surface area contributed by atoms with Gasteiger partial charge in [0.2, 0.25) is 0 Å². The average Bonchev–Trinajstić information content (AvgIpc) is 2.89. The maximum Gasteiger partial charge on any atom is 0.330 e. The molecule has 4 rings (SSSR count). The minimum atomic E-state index is -0.470. The van der Waals surface area contributed by atoms with E-state index in [0.717, 1.165) is 69.3 Å². The molecule has 5 N–H and O–H groups in total. The molecule has 12 nitrogen and oxygen atoms in total. The third-order valence-corrected chi connectivity index (χ3v) is 7.26. The Morgan fingerprint density at radius 2 is 1.29 bits per heavy atom. The summed E-state index contributed by atoms with van der Waals surface area (Å²) in [4.78, 5) is 51.0. The maximum atomic E-state index is 11.9. The smallest absolute Gasteiger partial charge is 0.330 e. The zero-order chi connectivity index (χ0) is 30.4. The van der Waals surface area contributed by atoms with Gasteiger partial charge in [-0.3, -0.25) is 28.7 Å². The number of hydrogen-bond acceptors (Lipinski definition) is 8. The zero-order valence-corrected chi connectivity index (χ0v) is 25.5. The Morgan fingerprint density at radius 1 is 0.829 bits per heavy atom. The van der Waals surface area contributed by atoms with Crippen LogP contribution in [0.2, 0.25) is 5.15 Å². The molecule has 0 unspecified atom stereocenters. The molecule has 41 heavy (non-hydrogen) atoms. The third kappa shape index (κ3) is 12.0. The van der Waals surface area contributed by atoms with Gasteiger partial charge in [-0.05, 0) is 84.6 Å². The van der Waals surface area contributed by atoms with Crippen LogP contribution in [0.4, 0.5) is 5.82 Å². The standard InChI is InChI=1S/C14H23N3O3.C7H9ClN2O2.C7H15NO/c1-10(2)17-13(18)9-12(16-14(17)19)15-6-3-11-4-7-20-8-5-11;1-4(2)10-6(11)3-5(8)9-7(10)12;8-4-1-7-2-5-9-6-3-7/h9-11,15H,3-8H2,1-2H3,(H,16,19);3-4H,1-2H3,(H,9,12);7H,1-6,8H2. The van der Waals surface area contributed by atoms with E-state index in [0.29, 0.717) is 11.7 Å². The molecular weight excluding hydrogens is 552 g/mol. The first kappa shape index (κ1) is 34.5. The molecule has 0 aromatic carbocycles. The minimum absolute atomic E-state index is 0.0712. The quantitative estimate of drug-likeness (QED) is 0.337. The van der Waals surface area contributed by atoms with Crippen LogP contribution >= 0.6 is 11.6 Å². The Kier molecular flexibility index (Phi) is 15.2. The monoisotopic (exact) mass is 598 g/mol. The minimum Gasteiger partial charge on any atom is -0.381 e. The van der Waals surface area contributed by atoms with Crippen LogP contribution < -0.4 is 33.5 Å². The highest BCUT2D eigenvalue weighted by Gasteiger charge is 2.14. The topological polar surface area (TPSA) is 166 Å². The van der Waals surface area contributed by atoms with E-state index in [2.05, 4.69) is 15.3 Å². The van der Waals surface area contributed by atoms with Gasteiger partial charge in [-0.25, -0.2) is 9.59 Å². The van der Waals surface area contributed by atoms with Gasteiger partial charge in [-0.1, -0.05) is 11.6 Å². The van der Waals surface area contributed by atoms with Crippen LogP contribution in [0.1, 0.15) is 78.3 Å². The summed E-state index contributed by atoms with van der Waals surface area (Å²) >= 11 is 5.46. The van der Waals surface area contributed by atoms with E-state index in [9.17, 15) is 19.2 Å². The van der Waals surface area contributed by atoms with Gasteiger partial charge < -0.3 is 20.5 Å². The molecule has 0 radical (unpaired) electrons. The van der Waals surface area contributed by atoms with Crippen molar-refractivity contribution < 1.29 is 9.47 Å². The second-order valence-corrected chi connectivity index (χ2v) is 11.3. The molecule has 0 saturated carbocycles. The third-order valence-electron chi connectivity index (χ3n) is 7.06. The molecule has 0 bridgehead atoms. The van der Waals surface area contributed by atoms with Gasteiger partial charge in [-0.15, -0.1) is 0 Å². The van der Waals surface area contributed by atoms with E-state index >= 15 is 0 Å². The van der Waals surface area contributed by atoms with E-state index in [1.807, 2.05) is 13.8 Å². The lowest BCUT2D eigenvalue weighted by atomic mass is 9.97. The first-order valence-corrected chi connectivity index (χ1v) is 14.9. The fourth-order valence-corrected chi connectivity index (χ4v) is 4.95. The van der Waals surface area contributed by atoms with Crippen molar-refractivity contribution in [2.45, 2.75) is 78.3 Å². The second kappa shape index (κ2) is 18.0. The lowest BCUT2D eigenvalue weighted by Gasteiger charge is -2.22. The number of nitrogens with two attached hydrogens (primary N) is 1. The largest absolute Gasteiger partial charge is 0.381 e. The van der Waals surface area contributed by atoms with Crippen LogP contribution in [0.25, 0.3) is 0 Å². The summed E-state index contributed by atoms with van der Waals surface area (Å²) in [7, 11) is 0. The first-order valence-electron chi connectivity index (χ1n) is 14.5. The van der Waals surface area contributed by atoms with Crippen LogP contribution in [0.3, 0.4) is 0 Å². The van der Waals surface area contributed by atoms with Crippen molar-refractivity contribution in [2.24, 2.45) is 17.6 Å². The highest BCUT2D eigenvalue weighted by atomic mass is 35.5. The number of rotatable bonds is 8. The summed E-state index contributed by atoms with van der Waals surface area (Å²) < 4.78 is 12.8. The number of nitrogens with one attached hydrogen (secondary N) is 3. The number of anilines is 1. The predicted molar refractivity (Wildman–Crippen MR) is 162 cm³/mol. The fourth-order valence-electron chi connectivity index (χ4n) is 4.77. The van der Waals surface area contributed by atoms with Crippen molar-refractivity contribution in [2.75, 3.05) is 44.8 Å². The van der Waals surface area contributed by atoms with Crippen LogP contribution in [-0.4, -0.2) is 58.6 Å². The highest BCUT2D eigenvalue weighted by Crippen LogP contribution is 2.18. The molecule has 232 valence electrons. The number of ether oxygens (including phenoxy) is 2. The Morgan fingerprint density at radius 3 is 1.73 bits per heavy atom. The van der Waals surface area contributed by atoms with E-state index in [-0.39, 0.29) is 34.0 Å².